The molecule has 0 heterocycles. The Morgan fingerprint density at radius 1 is 1.50 bits per heavy atom. The minimum absolute atomic E-state index is 0.431. The Labute approximate surface area is 74.9 Å². The fourth-order valence-electron chi connectivity index (χ4n) is 1.81. The molecule has 0 bridgehead atoms. The zero-order valence-corrected chi connectivity index (χ0v) is 8.12. The van der Waals surface area contributed by atoms with Crippen molar-refractivity contribution in [2.24, 2.45) is 5.73 Å². The Kier molecular flexibility index (Phi) is 3.98. The predicted molar refractivity (Wildman–Crippen MR) is 50.1 cm³/mol. The van der Waals surface area contributed by atoms with Crippen LogP contribution in [0.3, 0.4) is 0 Å². The Morgan fingerprint density at radius 3 is 2.75 bits per heavy atom. The van der Waals surface area contributed by atoms with Crippen molar-refractivity contribution in [1.29, 1.82) is 0 Å². The summed E-state index contributed by atoms with van der Waals surface area (Å²) < 4.78 is 5.03. The van der Waals surface area contributed by atoms with Crippen molar-refractivity contribution >= 4 is 0 Å². The smallest absolute Gasteiger partial charge is 0.0589 e. The molecule has 3 heteroatoms. The molecule has 2 unspecified atom stereocenters. The summed E-state index contributed by atoms with van der Waals surface area (Å²) in [6.45, 7) is 1.84. The lowest BCUT2D eigenvalue weighted by molar-refractivity contribution is 0.139. The standard InChI is InChI=1S/C9H20N2O/c1-11(5-6-12-2)9-4-3-8(10)7-9/h8-9H,3-7,10H2,1-2H3. The molecule has 0 aliphatic heterocycles. The SMILES string of the molecule is COCCN(C)C1CCC(N)C1. The van der Waals surface area contributed by atoms with Gasteiger partial charge in [0.25, 0.3) is 0 Å². The summed E-state index contributed by atoms with van der Waals surface area (Å²) in [5.41, 5.74) is 5.83. The zero-order valence-electron chi connectivity index (χ0n) is 8.12. The van der Waals surface area contributed by atoms with Gasteiger partial charge in [0, 0.05) is 25.7 Å². The molecular formula is C9H20N2O. The van der Waals surface area contributed by atoms with Crippen LogP contribution in [0.1, 0.15) is 19.3 Å². The molecule has 0 spiro atoms. The molecule has 72 valence electrons. The van der Waals surface area contributed by atoms with Crippen LogP contribution in [0.4, 0.5) is 0 Å². The highest BCUT2D eigenvalue weighted by Crippen LogP contribution is 2.21. The molecular weight excluding hydrogens is 152 g/mol. The summed E-state index contributed by atoms with van der Waals surface area (Å²) >= 11 is 0. The van der Waals surface area contributed by atoms with Crippen LogP contribution in [-0.2, 0) is 4.74 Å². The number of methoxy groups -OCH3 is 1. The van der Waals surface area contributed by atoms with Crippen molar-refractivity contribution < 1.29 is 4.74 Å². The third-order valence-corrected chi connectivity index (χ3v) is 2.72. The van der Waals surface area contributed by atoms with Gasteiger partial charge in [-0.25, -0.2) is 0 Å². The Balaban J connectivity index is 2.18. The molecule has 0 aromatic carbocycles. The van der Waals surface area contributed by atoms with Crippen molar-refractivity contribution in [3.05, 3.63) is 0 Å². The normalized spacial score (nSPS) is 30.0. The van der Waals surface area contributed by atoms with E-state index >= 15 is 0 Å². The summed E-state index contributed by atoms with van der Waals surface area (Å²) in [4.78, 5) is 2.36. The van der Waals surface area contributed by atoms with E-state index in [4.69, 9.17) is 10.5 Å². The van der Waals surface area contributed by atoms with Crippen molar-refractivity contribution in [3.63, 3.8) is 0 Å². The van der Waals surface area contributed by atoms with E-state index in [1.54, 1.807) is 7.11 Å². The van der Waals surface area contributed by atoms with Gasteiger partial charge in [-0.05, 0) is 26.3 Å². The topological polar surface area (TPSA) is 38.5 Å². The van der Waals surface area contributed by atoms with Gasteiger partial charge in [0.15, 0.2) is 0 Å². The van der Waals surface area contributed by atoms with E-state index in [2.05, 4.69) is 11.9 Å². The van der Waals surface area contributed by atoms with Crippen LogP contribution in [0.25, 0.3) is 0 Å². The molecule has 0 aromatic rings. The predicted octanol–water partition coefficient (Wildman–Crippen LogP) is 0.444. The lowest BCUT2D eigenvalue weighted by Crippen LogP contribution is -2.33. The van der Waals surface area contributed by atoms with Crippen LogP contribution in [0, 0.1) is 0 Å². The largest absolute Gasteiger partial charge is 0.383 e. The molecule has 1 aliphatic carbocycles. The molecule has 0 amide bonds. The third kappa shape index (κ3) is 2.73. The van der Waals surface area contributed by atoms with Gasteiger partial charge in [-0.3, -0.25) is 0 Å². The van der Waals surface area contributed by atoms with Gasteiger partial charge in [0.2, 0.25) is 0 Å². The van der Waals surface area contributed by atoms with Crippen molar-refractivity contribution in [2.75, 3.05) is 27.3 Å². The summed E-state index contributed by atoms with van der Waals surface area (Å²) in [6, 6.07) is 1.12. The second-order valence-corrected chi connectivity index (χ2v) is 3.70. The lowest BCUT2D eigenvalue weighted by atomic mass is 10.2. The first-order chi connectivity index (χ1) is 5.74. The minimum atomic E-state index is 0.431. The number of ether oxygens (including phenoxy) is 1. The summed E-state index contributed by atoms with van der Waals surface area (Å²) in [5, 5.41) is 0. The van der Waals surface area contributed by atoms with E-state index in [0.717, 1.165) is 19.6 Å². The van der Waals surface area contributed by atoms with Crippen LogP contribution in [0.15, 0.2) is 0 Å². The maximum atomic E-state index is 5.83. The number of rotatable bonds is 4. The summed E-state index contributed by atoms with van der Waals surface area (Å²) in [5.74, 6) is 0. The van der Waals surface area contributed by atoms with Gasteiger partial charge in [0.05, 0.1) is 6.61 Å². The van der Waals surface area contributed by atoms with Crippen LogP contribution in [0.2, 0.25) is 0 Å². The van der Waals surface area contributed by atoms with Crippen LogP contribution >= 0.6 is 0 Å². The summed E-state index contributed by atoms with van der Waals surface area (Å²) in [7, 11) is 3.90. The molecule has 1 rings (SSSR count). The molecule has 2 N–H and O–H groups in total. The number of hydrogen-bond acceptors (Lipinski definition) is 3. The highest BCUT2D eigenvalue weighted by Gasteiger charge is 2.24. The van der Waals surface area contributed by atoms with Crippen molar-refractivity contribution in [3.8, 4) is 0 Å². The highest BCUT2D eigenvalue weighted by molar-refractivity contribution is 4.83. The first-order valence-electron chi connectivity index (χ1n) is 4.68. The first kappa shape index (κ1) is 9.96. The lowest BCUT2D eigenvalue weighted by Gasteiger charge is -2.23. The molecule has 0 saturated heterocycles. The first-order valence-corrected chi connectivity index (χ1v) is 4.68. The van der Waals surface area contributed by atoms with Gasteiger partial charge < -0.3 is 15.4 Å². The minimum Gasteiger partial charge on any atom is -0.383 e. The maximum absolute atomic E-state index is 5.83. The van der Waals surface area contributed by atoms with Crippen LogP contribution < -0.4 is 5.73 Å². The second kappa shape index (κ2) is 4.80. The quantitative estimate of drug-likeness (QED) is 0.669. The molecule has 1 aliphatic rings. The van der Waals surface area contributed by atoms with Gasteiger partial charge in [-0.1, -0.05) is 0 Å². The number of likely N-dealkylation sites (N-methyl/N-ethyl adjacent to an activating group) is 1. The van der Waals surface area contributed by atoms with Crippen molar-refractivity contribution in [2.45, 2.75) is 31.3 Å². The van der Waals surface area contributed by atoms with E-state index in [-0.39, 0.29) is 0 Å². The number of hydrogen-bond donors (Lipinski definition) is 1. The average molecular weight is 172 g/mol. The number of nitrogens with zero attached hydrogens (tertiary/aromatic N) is 1. The van der Waals surface area contributed by atoms with Crippen LogP contribution in [-0.4, -0.2) is 44.3 Å². The Bertz CT molecular complexity index is 130. The molecule has 0 radical (unpaired) electrons. The van der Waals surface area contributed by atoms with E-state index in [1.165, 1.54) is 12.8 Å². The maximum Gasteiger partial charge on any atom is 0.0589 e. The van der Waals surface area contributed by atoms with Crippen molar-refractivity contribution in [1.82, 2.24) is 4.90 Å². The molecule has 2 atom stereocenters. The molecule has 3 nitrogen and oxygen atoms in total. The average Bonchev–Trinajstić information content (AvgIpc) is 2.47. The van der Waals surface area contributed by atoms with Gasteiger partial charge in [-0.2, -0.15) is 0 Å². The molecule has 1 saturated carbocycles. The van der Waals surface area contributed by atoms with Gasteiger partial charge >= 0.3 is 0 Å². The summed E-state index contributed by atoms with van der Waals surface area (Å²) in [6.07, 6.45) is 3.59. The number of nitrogens with two attached hydrogens (primary N) is 1. The monoisotopic (exact) mass is 172 g/mol. The fraction of sp³-hybridized carbons (Fsp3) is 1.00. The zero-order chi connectivity index (χ0) is 8.97. The fourth-order valence-corrected chi connectivity index (χ4v) is 1.81. The van der Waals surface area contributed by atoms with Gasteiger partial charge in [0.1, 0.15) is 0 Å². The molecule has 1 fully saturated rings. The van der Waals surface area contributed by atoms with E-state index in [0.29, 0.717) is 12.1 Å². The molecule has 0 aromatic heterocycles. The third-order valence-electron chi connectivity index (χ3n) is 2.72. The van der Waals surface area contributed by atoms with E-state index in [9.17, 15) is 0 Å². The van der Waals surface area contributed by atoms with E-state index < -0.39 is 0 Å². The second-order valence-electron chi connectivity index (χ2n) is 3.70. The van der Waals surface area contributed by atoms with Gasteiger partial charge in [-0.15, -0.1) is 0 Å². The molecule has 12 heavy (non-hydrogen) atoms. The van der Waals surface area contributed by atoms with Crippen LogP contribution in [0.5, 0.6) is 0 Å². The Hall–Kier alpha value is -0.120. The Morgan fingerprint density at radius 2 is 2.25 bits per heavy atom. The highest BCUT2D eigenvalue weighted by atomic mass is 16.5. The van der Waals surface area contributed by atoms with E-state index in [1.807, 2.05) is 0 Å².